The standard InChI is InChI=1S/C23H25N5O2S/c29-21(24-13-12-17-16-27-14-7-5-10-20(27)25-17)11-2-1-6-15-28-22(30)18-8-3-4-9-19(18)26-23(28)31/h3-5,7-10,14,16H,1-2,6,11-13,15H2,(H,24,29)(H,26,31). The number of imidazole rings is 1. The van der Waals surface area contributed by atoms with Gasteiger partial charge in [-0.1, -0.05) is 24.6 Å². The lowest BCUT2D eigenvalue weighted by atomic mass is 10.2. The average molecular weight is 436 g/mol. The van der Waals surface area contributed by atoms with Crippen molar-refractivity contribution in [3.8, 4) is 0 Å². The van der Waals surface area contributed by atoms with Crippen molar-refractivity contribution in [2.75, 3.05) is 6.54 Å². The number of amides is 1. The van der Waals surface area contributed by atoms with Gasteiger partial charge in [-0.3, -0.25) is 14.2 Å². The molecule has 8 heteroatoms. The number of hydrogen-bond donors (Lipinski definition) is 2. The number of aromatic amines is 1. The first-order valence-electron chi connectivity index (χ1n) is 10.5. The van der Waals surface area contributed by atoms with E-state index in [1.54, 1.807) is 10.6 Å². The fourth-order valence-electron chi connectivity index (χ4n) is 3.66. The van der Waals surface area contributed by atoms with E-state index in [2.05, 4.69) is 15.3 Å². The molecule has 0 unspecified atom stereocenters. The molecule has 0 atom stereocenters. The molecule has 7 nitrogen and oxygen atoms in total. The molecule has 3 heterocycles. The summed E-state index contributed by atoms with van der Waals surface area (Å²) in [4.78, 5) is 32.3. The van der Waals surface area contributed by atoms with Crippen molar-refractivity contribution in [3.63, 3.8) is 0 Å². The van der Waals surface area contributed by atoms with Crippen LogP contribution in [-0.4, -0.2) is 31.4 Å². The Morgan fingerprint density at radius 1 is 1.10 bits per heavy atom. The molecule has 0 radical (unpaired) electrons. The fraction of sp³-hybridized carbons (Fsp3) is 0.304. The maximum absolute atomic E-state index is 12.6. The third kappa shape index (κ3) is 5.08. The molecule has 0 bridgehead atoms. The topological polar surface area (TPSA) is 84.2 Å². The maximum Gasteiger partial charge on any atom is 0.262 e. The third-order valence-corrected chi connectivity index (χ3v) is 5.61. The van der Waals surface area contributed by atoms with Crippen molar-refractivity contribution in [3.05, 3.63) is 75.7 Å². The normalized spacial score (nSPS) is 11.2. The lowest BCUT2D eigenvalue weighted by molar-refractivity contribution is -0.121. The van der Waals surface area contributed by atoms with E-state index < -0.39 is 0 Å². The van der Waals surface area contributed by atoms with Gasteiger partial charge >= 0.3 is 0 Å². The van der Waals surface area contributed by atoms with Gasteiger partial charge in [-0.25, -0.2) is 4.98 Å². The van der Waals surface area contributed by atoms with Gasteiger partial charge in [-0.05, 0) is 49.3 Å². The van der Waals surface area contributed by atoms with Crippen LogP contribution in [-0.2, 0) is 17.8 Å². The van der Waals surface area contributed by atoms with E-state index in [0.29, 0.717) is 36.1 Å². The van der Waals surface area contributed by atoms with Crippen LogP contribution in [0.25, 0.3) is 16.6 Å². The molecule has 0 saturated carbocycles. The van der Waals surface area contributed by atoms with E-state index in [1.165, 1.54) is 0 Å². The highest BCUT2D eigenvalue weighted by molar-refractivity contribution is 7.71. The van der Waals surface area contributed by atoms with Gasteiger partial charge in [0, 0.05) is 38.3 Å². The van der Waals surface area contributed by atoms with Crippen LogP contribution in [0.1, 0.15) is 31.4 Å². The van der Waals surface area contributed by atoms with Crippen molar-refractivity contribution in [1.82, 2.24) is 24.3 Å². The summed E-state index contributed by atoms with van der Waals surface area (Å²) in [6.45, 7) is 1.12. The number of H-pyrrole nitrogens is 1. The number of para-hydroxylation sites is 1. The molecule has 160 valence electrons. The highest BCUT2D eigenvalue weighted by Crippen LogP contribution is 2.08. The first kappa shape index (κ1) is 21.0. The molecular weight excluding hydrogens is 410 g/mol. The van der Waals surface area contributed by atoms with Gasteiger partial charge in [0.05, 0.1) is 16.6 Å². The summed E-state index contributed by atoms with van der Waals surface area (Å²) in [6.07, 6.45) is 7.56. The van der Waals surface area contributed by atoms with E-state index in [0.717, 1.165) is 36.1 Å². The number of unbranched alkanes of at least 4 members (excludes halogenated alkanes) is 2. The van der Waals surface area contributed by atoms with Gasteiger partial charge in [0.15, 0.2) is 4.77 Å². The smallest absolute Gasteiger partial charge is 0.262 e. The monoisotopic (exact) mass is 435 g/mol. The number of aromatic nitrogens is 4. The van der Waals surface area contributed by atoms with Gasteiger partial charge in [0.2, 0.25) is 5.91 Å². The van der Waals surface area contributed by atoms with Crippen LogP contribution in [0.2, 0.25) is 0 Å². The van der Waals surface area contributed by atoms with Gasteiger partial charge in [-0.2, -0.15) is 0 Å². The van der Waals surface area contributed by atoms with Gasteiger partial charge in [-0.15, -0.1) is 0 Å². The summed E-state index contributed by atoms with van der Waals surface area (Å²) in [5.74, 6) is 0.0453. The van der Waals surface area contributed by atoms with E-state index >= 15 is 0 Å². The van der Waals surface area contributed by atoms with Gasteiger partial charge in [0.1, 0.15) is 5.65 Å². The Morgan fingerprint density at radius 2 is 1.94 bits per heavy atom. The van der Waals surface area contributed by atoms with Crippen LogP contribution in [0.5, 0.6) is 0 Å². The summed E-state index contributed by atoms with van der Waals surface area (Å²) in [5, 5.41) is 3.60. The van der Waals surface area contributed by atoms with Crippen molar-refractivity contribution >= 4 is 34.7 Å². The van der Waals surface area contributed by atoms with Crippen LogP contribution in [0.3, 0.4) is 0 Å². The Bertz CT molecular complexity index is 1290. The number of fused-ring (bicyclic) bond motifs is 2. The van der Waals surface area contributed by atoms with Crippen molar-refractivity contribution in [2.45, 2.75) is 38.6 Å². The summed E-state index contributed by atoms with van der Waals surface area (Å²) in [6, 6.07) is 13.3. The first-order chi connectivity index (χ1) is 15.1. The second-order valence-electron chi connectivity index (χ2n) is 7.54. The van der Waals surface area contributed by atoms with Crippen LogP contribution in [0.15, 0.2) is 59.7 Å². The molecule has 0 saturated heterocycles. The molecule has 4 aromatic rings. The Labute approximate surface area is 184 Å². The maximum atomic E-state index is 12.6. The minimum atomic E-state index is -0.0657. The zero-order chi connectivity index (χ0) is 21.6. The summed E-state index contributed by atoms with van der Waals surface area (Å²) in [5.41, 5.74) is 2.57. The number of pyridine rings is 1. The predicted molar refractivity (Wildman–Crippen MR) is 124 cm³/mol. The molecule has 0 aliphatic rings. The minimum absolute atomic E-state index is 0.0453. The molecule has 3 aromatic heterocycles. The molecule has 4 rings (SSSR count). The fourth-order valence-corrected chi connectivity index (χ4v) is 3.94. The van der Waals surface area contributed by atoms with E-state index in [-0.39, 0.29) is 11.5 Å². The SMILES string of the molecule is O=C(CCCCCn1c(=S)[nH]c2ccccc2c1=O)NCCc1cn2ccccc2n1. The lowest BCUT2D eigenvalue weighted by Crippen LogP contribution is -2.25. The number of rotatable bonds is 9. The molecule has 0 aliphatic heterocycles. The molecule has 0 aliphatic carbocycles. The van der Waals surface area contributed by atoms with Crippen LogP contribution in [0, 0.1) is 4.77 Å². The van der Waals surface area contributed by atoms with Crippen LogP contribution in [0.4, 0.5) is 0 Å². The molecule has 0 fully saturated rings. The second-order valence-corrected chi connectivity index (χ2v) is 7.93. The zero-order valence-electron chi connectivity index (χ0n) is 17.2. The van der Waals surface area contributed by atoms with Crippen molar-refractivity contribution in [1.29, 1.82) is 0 Å². The Hall–Kier alpha value is -3.26. The third-order valence-electron chi connectivity index (χ3n) is 5.29. The highest BCUT2D eigenvalue weighted by atomic mass is 32.1. The number of benzene rings is 1. The number of carbonyl (C=O) groups is 1. The quantitative estimate of drug-likeness (QED) is 0.311. The Balaban J connectivity index is 1.18. The molecule has 1 aromatic carbocycles. The molecular formula is C23H25N5O2S. The Kier molecular flexibility index (Phi) is 6.57. The summed E-state index contributed by atoms with van der Waals surface area (Å²) in [7, 11) is 0. The number of carbonyl (C=O) groups excluding carboxylic acids is 1. The van der Waals surface area contributed by atoms with E-state index in [1.807, 2.05) is 53.2 Å². The number of nitrogens with one attached hydrogen (secondary N) is 2. The Morgan fingerprint density at radius 3 is 2.81 bits per heavy atom. The molecule has 2 N–H and O–H groups in total. The summed E-state index contributed by atoms with van der Waals surface area (Å²) >= 11 is 5.33. The van der Waals surface area contributed by atoms with Gasteiger partial charge < -0.3 is 14.7 Å². The van der Waals surface area contributed by atoms with Crippen LogP contribution < -0.4 is 10.9 Å². The highest BCUT2D eigenvalue weighted by Gasteiger charge is 2.06. The van der Waals surface area contributed by atoms with Crippen molar-refractivity contribution < 1.29 is 4.79 Å². The molecule has 1 amide bonds. The molecule has 31 heavy (non-hydrogen) atoms. The number of hydrogen-bond acceptors (Lipinski definition) is 4. The lowest BCUT2D eigenvalue weighted by Gasteiger charge is -2.08. The second kappa shape index (κ2) is 9.70. The summed E-state index contributed by atoms with van der Waals surface area (Å²) < 4.78 is 4.02. The van der Waals surface area contributed by atoms with Gasteiger partial charge in [0.25, 0.3) is 5.56 Å². The van der Waals surface area contributed by atoms with E-state index in [9.17, 15) is 9.59 Å². The number of nitrogens with zero attached hydrogens (tertiary/aromatic N) is 3. The van der Waals surface area contributed by atoms with E-state index in [4.69, 9.17) is 12.2 Å². The zero-order valence-corrected chi connectivity index (χ0v) is 18.0. The first-order valence-corrected chi connectivity index (χ1v) is 10.9. The molecule has 0 spiro atoms. The van der Waals surface area contributed by atoms with Crippen molar-refractivity contribution in [2.24, 2.45) is 0 Å². The van der Waals surface area contributed by atoms with Crippen LogP contribution >= 0.6 is 12.2 Å². The largest absolute Gasteiger partial charge is 0.356 e. The predicted octanol–water partition coefficient (Wildman–Crippen LogP) is 3.63. The minimum Gasteiger partial charge on any atom is -0.356 e. The average Bonchev–Trinajstić information content (AvgIpc) is 3.18.